The highest BCUT2D eigenvalue weighted by Gasteiger charge is 2.40. The Morgan fingerprint density at radius 3 is 2.58 bits per heavy atom. The van der Waals surface area contributed by atoms with Crippen LogP contribution in [0.3, 0.4) is 0 Å². The molecule has 2 aromatic rings. The molecule has 0 aliphatic carbocycles. The third-order valence-corrected chi connectivity index (χ3v) is 4.68. The molecule has 0 saturated heterocycles. The molecule has 1 heterocycles. The van der Waals surface area contributed by atoms with Gasteiger partial charge >= 0.3 is 0 Å². The molecule has 0 fully saturated rings. The third-order valence-electron chi connectivity index (χ3n) is 4.37. The first-order valence-electron chi connectivity index (χ1n) is 8.24. The van der Waals surface area contributed by atoms with Crippen LogP contribution in [0.15, 0.2) is 36.9 Å². The summed E-state index contributed by atoms with van der Waals surface area (Å²) in [6.45, 7) is 7.15. The van der Waals surface area contributed by atoms with Gasteiger partial charge in [-0.1, -0.05) is 44.5 Å². The third kappa shape index (κ3) is 4.95. The Balaban J connectivity index is 1.84. The number of ether oxygens (including phenoxy) is 1. The van der Waals surface area contributed by atoms with Gasteiger partial charge in [0, 0.05) is 0 Å². The van der Waals surface area contributed by atoms with Crippen LogP contribution in [0, 0.1) is 5.41 Å². The van der Waals surface area contributed by atoms with E-state index in [0.29, 0.717) is 30.3 Å². The van der Waals surface area contributed by atoms with E-state index in [-0.39, 0.29) is 5.41 Å². The number of hydrogen-bond acceptors (Lipinski definition) is 4. The van der Waals surface area contributed by atoms with Crippen LogP contribution in [0.1, 0.15) is 40.0 Å². The maximum absolute atomic E-state index is 11.1. The molecule has 5 nitrogen and oxygen atoms in total. The normalized spacial score (nSPS) is 14.4. The summed E-state index contributed by atoms with van der Waals surface area (Å²) in [7, 11) is 0. The van der Waals surface area contributed by atoms with Gasteiger partial charge in [-0.3, -0.25) is 4.68 Å². The van der Waals surface area contributed by atoms with Crippen molar-refractivity contribution in [2.75, 3.05) is 6.61 Å². The predicted octanol–water partition coefficient (Wildman–Crippen LogP) is 3.96. The summed E-state index contributed by atoms with van der Waals surface area (Å²) in [5.41, 5.74) is -1.12. The molecule has 0 aliphatic heterocycles. The molecule has 1 aromatic carbocycles. The zero-order chi connectivity index (χ0) is 17.6. The first-order valence-corrected chi connectivity index (χ1v) is 8.62. The summed E-state index contributed by atoms with van der Waals surface area (Å²) >= 11 is 6.07. The van der Waals surface area contributed by atoms with Crippen molar-refractivity contribution in [3.05, 3.63) is 41.9 Å². The molecule has 0 spiro atoms. The fourth-order valence-corrected chi connectivity index (χ4v) is 2.73. The molecule has 0 bridgehead atoms. The maximum atomic E-state index is 11.1. The molecule has 1 unspecified atom stereocenters. The van der Waals surface area contributed by atoms with Crippen molar-refractivity contribution in [2.24, 2.45) is 5.41 Å². The van der Waals surface area contributed by atoms with Crippen LogP contribution in [0.5, 0.6) is 5.75 Å². The second-order valence-electron chi connectivity index (χ2n) is 7.11. The minimum atomic E-state index is -0.856. The second-order valence-corrected chi connectivity index (χ2v) is 7.52. The molecule has 24 heavy (non-hydrogen) atoms. The standard InChI is InChI=1S/C18H26ClN3O2/c1-17(2,3)18(23,12-22-14-20-13-21-22)10-6-7-11-24-16-9-5-4-8-15(16)19/h4-5,8-9,13-14,23H,6-7,10-12H2,1-3H3. The number of nitrogens with zero attached hydrogens (tertiary/aromatic N) is 3. The van der Waals surface area contributed by atoms with Gasteiger partial charge in [-0.05, 0) is 36.8 Å². The molecular formula is C18H26ClN3O2. The highest BCUT2D eigenvalue weighted by Crippen LogP contribution is 2.36. The topological polar surface area (TPSA) is 60.2 Å². The van der Waals surface area contributed by atoms with Crippen LogP contribution in [0.2, 0.25) is 5.02 Å². The van der Waals surface area contributed by atoms with E-state index in [1.165, 1.54) is 6.33 Å². The lowest BCUT2D eigenvalue weighted by molar-refractivity contribution is -0.0817. The number of para-hydroxylation sites is 1. The number of rotatable bonds is 8. The number of hydrogen-bond donors (Lipinski definition) is 1. The summed E-state index contributed by atoms with van der Waals surface area (Å²) in [6.07, 6.45) is 5.49. The molecule has 0 amide bonds. The van der Waals surface area contributed by atoms with Crippen molar-refractivity contribution in [2.45, 2.75) is 52.2 Å². The quantitative estimate of drug-likeness (QED) is 0.731. The van der Waals surface area contributed by atoms with E-state index in [4.69, 9.17) is 16.3 Å². The van der Waals surface area contributed by atoms with Gasteiger partial charge in [0.15, 0.2) is 0 Å². The van der Waals surface area contributed by atoms with Crippen molar-refractivity contribution >= 4 is 11.6 Å². The average Bonchev–Trinajstić information content (AvgIpc) is 3.00. The van der Waals surface area contributed by atoms with E-state index in [9.17, 15) is 5.11 Å². The summed E-state index contributed by atoms with van der Waals surface area (Å²) in [5, 5.41) is 15.9. The summed E-state index contributed by atoms with van der Waals surface area (Å²) < 4.78 is 7.39. The Bertz CT molecular complexity index is 625. The van der Waals surface area contributed by atoms with E-state index >= 15 is 0 Å². The zero-order valence-corrected chi connectivity index (χ0v) is 15.3. The Labute approximate surface area is 148 Å². The number of halogens is 1. The van der Waals surface area contributed by atoms with Gasteiger partial charge in [0.05, 0.1) is 23.8 Å². The number of aromatic nitrogens is 3. The Hall–Kier alpha value is -1.59. The van der Waals surface area contributed by atoms with Crippen LogP contribution in [0.25, 0.3) is 0 Å². The lowest BCUT2D eigenvalue weighted by Gasteiger charge is -2.40. The van der Waals surface area contributed by atoms with Crippen molar-refractivity contribution in [1.29, 1.82) is 0 Å². The van der Waals surface area contributed by atoms with Gasteiger partial charge in [0.1, 0.15) is 18.4 Å². The maximum Gasteiger partial charge on any atom is 0.137 e. The van der Waals surface area contributed by atoms with Crippen LogP contribution in [-0.2, 0) is 6.54 Å². The Kier molecular flexibility index (Phi) is 6.24. The van der Waals surface area contributed by atoms with Crippen LogP contribution >= 0.6 is 11.6 Å². The van der Waals surface area contributed by atoms with Gasteiger partial charge in [0.2, 0.25) is 0 Å². The molecule has 6 heteroatoms. The average molecular weight is 352 g/mol. The second kappa shape index (κ2) is 7.99. The molecule has 1 N–H and O–H groups in total. The van der Waals surface area contributed by atoms with E-state index in [0.717, 1.165) is 12.8 Å². The summed E-state index contributed by atoms with van der Waals surface area (Å²) in [4.78, 5) is 3.95. The molecular weight excluding hydrogens is 326 g/mol. The lowest BCUT2D eigenvalue weighted by atomic mass is 9.73. The van der Waals surface area contributed by atoms with E-state index < -0.39 is 5.60 Å². The lowest BCUT2D eigenvalue weighted by Crippen LogP contribution is -2.46. The number of benzene rings is 1. The largest absolute Gasteiger partial charge is 0.492 e. The Morgan fingerprint density at radius 2 is 1.96 bits per heavy atom. The molecule has 0 radical (unpaired) electrons. The van der Waals surface area contributed by atoms with E-state index in [2.05, 4.69) is 10.1 Å². The SMILES string of the molecule is CC(C)(C)C(O)(CCCCOc1ccccc1Cl)Cn1cncn1. The molecule has 0 aliphatic rings. The predicted molar refractivity (Wildman–Crippen MR) is 95.2 cm³/mol. The highest BCUT2D eigenvalue weighted by molar-refractivity contribution is 6.32. The molecule has 0 saturated carbocycles. The first-order chi connectivity index (χ1) is 11.3. The monoisotopic (exact) mass is 351 g/mol. The van der Waals surface area contributed by atoms with E-state index in [1.54, 1.807) is 11.0 Å². The molecule has 132 valence electrons. The smallest absolute Gasteiger partial charge is 0.137 e. The summed E-state index contributed by atoms with van der Waals surface area (Å²) in [6, 6.07) is 7.45. The van der Waals surface area contributed by atoms with Crippen LogP contribution in [-0.4, -0.2) is 32.1 Å². The summed E-state index contributed by atoms with van der Waals surface area (Å²) in [5.74, 6) is 0.702. The van der Waals surface area contributed by atoms with Crippen molar-refractivity contribution in [1.82, 2.24) is 14.8 Å². The molecule has 1 atom stereocenters. The Morgan fingerprint density at radius 1 is 1.21 bits per heavy atom. The van der Waals surface area contributed by atoms with Crippen molar-refractivity contribution < 1.29 is 9.84 Å². The van der Waals surface area contributed by atoms with Gasteiger partial charge in [-0.25, -0.2) is 4.98 Å². The minimum absolute atomic E-state index is 0.261. The highest BCUT2D eigenvalue weighted by atomic mass is 35.5. The zero-order valence-electron chi connectivity index (χ0n) is 14.6. The van der Waals surface area contributed by atoms with Gasteiger partial charge in [-0.15, -0.1) is 0 Å². The van der Waals surface area contributed by atoms with Gasteiger partial charge in [-0.2, -0.15) is 5.10 Å². The van der Waals surface area contributed by atoms with Gasteiger partial charge in [0.25, 0.3) is 0 Å². The van der Waals surface area contributed by atoms with Crippen LogP contribution < -0.4 is 4.74 Å². The number of unbranched alkanes of at least 4 members (excludes halogenated alkanes) is 1. The fraction of sp³-hybridized carbons (Fsp3) is 0.556. The minimum Gasteiger partial charge on any atom is -0.492 e. The molecule has 1 aromatic heterocycles. The molecule has 2 rings (SSSR count). The van der Waals surface area contributed by atoms with Gasteiger partial charge < -0.3 is 9.84 Å². The van der Waals surface area contributed by atoms with Crippen molar-refractivity contribution in [3.63, 3.8) is 0 Å². The first kappa shape index (κ1) is 18.7. The van der Waals surface area contributed by atoms with Crippen LogP contribution in [0.4, 0.5) is 0 Å². The van der Waals surface area contributed by atoms with Crippen molar-refractivity contribution in [3.8, 4) is 5.75 Å². The van der Waals surface area contributed by atoms with E-state index in [1.807, 2.05) is 45.0 Å². The fourth-order valence-electron chi connectivity index (χ4n) is 2.54. The number of aliphatic hydroxyl groups is 1.